The lowest BCUT2D eigenvalue weighted by Crippen LogP contribution is -2.25. The van der Waals surface area contributed by atoms with Gasteiger partial charge in [0.05, 0.1) is 0 Å². The summed E-state index contributed by atoms with van der Waals surface area (Å²) in [5, 5.41) is -0.381. The number of nitrogens with zero attached hydrogens (tertiary/aromatic N) is 1. The smallest absolute Gasteiger partial charge is 0.282 e. The third kappa shape index (κ3) is 2.45. The van der Waals surface area contributed by atoms with Gasteiger partial charge in [-0.2, -0.15) is 0 Å². The van der Waals surface area contributed by atoms with E-state index in [0.717, 1.165) is 0 Å². The van der Waals surface area contributed by atoms with Gasteiger partial charge in [-0.3, -0.25) is 4.79 Å². The molecule has 0 aliphatic carbocycles. The summed E-state index contributed by atoms with van der Waals surface area (Å²) in [6.45, 7) is 2.28. The van der Waals surface area contributed by atoms with Gasteiger partial charge in [0, 0.05) is 12.2 Å². The molecular formula is C9H10FNOS. The highest BCUT2D eigenvalue weighted by Gasteiger charge is 2.09. The quantitative estimate of drug-likeness (QED) is 0.726. The fourth-order valence-corrected chi connectivity index (χ4v) is 1.33. The maximum atomic E-state index is 12.8. The first-order chi connectivity index (χ1) is 6.15. The molecule has 1 amide bonds. The summed E-state index contributed by atoms with van der Waals surface area (Å²) in [4.78, 5) is 12.3. The molecule has 0 heterocycles. The van der Waals surface area contributed by atoms with Crippen LogP contribution in [0.5, 0.6) is 0 Å². The van der Waals surface area contributed by atoms with Gasteiger partial charge in [-0.1, -0.05) is 18.7 Å². The largest absolute Gasteiger partial charge is 0.304 e. The highest BCUT2D eigenvalue weighted by atomic mass is 32.1. The molecule has 0 saturated carbocycles. The minimum absolute atomic E-state index is 0.356. The lowest BCUT2D eigenvalue weighted by atomic mass is 10.3. The van der Waals surface area contributed by atoms with Gasteiger partial charge >= 0.3 is 0 Å². The molecule has 1 aromatic rings. The molecule has 0 bridgehead atoms. The molecule has 0 radical (unpaired) electrons. The van der Waals surface area contributed by atoms with E-state index < -0.39 is 0 Å². The molecule has 70 valence electrons. The fourth-order valence-electron chi connectivity index (χ4n) is 1.07. The van der Waals surface area contributed by atoms with Crippen LogP contribution in [0, 0.1) is 5.82 Å². The summed E-state index contributed by atoms with van der Waals surface area (Å²) in [5.74, 6) is -0.356. The number of benzene rings is 1. The SMILES string of the molecule is CCN(C(=O)S)c1cccc(F)c1. The summed E-state index contributed by atoms with van der Waals surface area (Å²) in [6, 6.07) is 5.86. The van der Waals surface area contributed by atoms with E-state index in [1.807, 2.05) is 0 Å². The number of anilines is 1. The average molecular weight is 199 g/mol. The van der Waals surface area contributed by atoms with E-state index in [2.05, 4.69) is 12.6 Å². The van der Waals surface area contributed by atoms with E-state index >= 15 is 0 Å². The van der Waals surface area contributed by atoms with Crippen LogP contribution in [0.4, 0.5) is 14.9 Å². The minimum Gasteiger partial charge on any atom is -0.304 e. The van der Waals surface area contributed by atoms with Crippen LogP contribution in [0.1, 0.15) is 6.92 Å². The number of carbonyl (C=O) groups excluding carboxylic acids is 1. The van der Waals surface area contributed by atoms with E-state index in [0.29, 0.717) is 12.2 Å². The van der Waals surface area contributed by atoms with Crippen LogP contribution >= 0.6 is 12.6 Å². The number of thiol groups is 1. The number of carbonyl (C=O) groups is 1. The van der Waals surface area contributed by atoms with E-state index in [1.54, 1.807) is 19.1 Å². The molecule has 0 aliphatic rings. The Morgan fingerprint density at radius 2 is 2.31 bits per heavy atom. The topological polar surface area (TPSA) is 20.3 Å². The molecule has 1 aromatic carbocycles. The molecule has 1 rings (SSSR count). The van der Waals surface area contributed by atoms with Crippen LogP contribution < -0.4 is 4.90 Å². The number of amides is 1. The van der Waals surface area contributed by atoms with E-state index in [-0.39, 0.29) is 11.1 Å². The van der Waals surface area contributed by atoms with Crippen molar-refractivity contribution in [2.75, 3.05) is 11.4 Å². The lowest BCUT2D eigenvalue weighted by Gasteiger charge is -2.17. The molecule has 2 nitrogen and oxygen atoms in total. The van der Waals surface area contributed by atoms with Gasteiger partial charge in [-0.25, -0.2) is 4.39 Å². The van der Waals surface area contributed by atoms with Gasteiger partial charge in [0.2, 0.25) is 0 Å². The molecule has 0 spiro atoms. The number of halogens is 1. The molecule has 0 fully saturated rings. The summed E-state index contributed by atoms with van der Waals surface area (Å²) < 4.78 is 12.8. The van der Waals surface area contributed by atoms with Crippen molar-refractivity contribution in [2.45, 2.75) is 6.92 Å². The van der Waals surface area contributed by atoms with Crippen molar-refractivity contribution >= 4 is 23.6 Å². The highest BCUT2D eigenvalue weighted by molar-refractivity contribution is 7.96. The maximum absolute atomic E-state index is 12.8. The Kier molecular flexibility index (Phi) is 3.31. The van der Waals surface area contributed by atoms with Crippen LogP contribution in [0.3, 0.4) is 0 Å². The molecular weight excluding hydrogens is 189 g/mol. The Hall–Kier alpha value is -1.03. The summed E-state index contributed by atoms with van der Waals surface area (Å²) in [6.07, 6.45) is 0. The summed E-state index contributed by atoms with van der Waals surface area (Å²) >= 11 is 3.68. The first-order valence-corrected chi connectivity index (χ1v) is 4.36. The lowest BCUT2D eigenvalue weighted by molar-refractivity contribution is 0.265. The van der Waals surface area contributed by atoms with E-state index in [1.165, 1.54) is 17.0 Å². The van der Waals surface area contributed by atoms with Gasteiger partial charge in [0.25, 0.3) is 5.24 Å². The molecule has 13 heavy (non-hydrogen) atoms. The number of hydrogen-bond donors (Lipinski definition) is 1. The van der Waals surface area contributed by atoms with Crippen molar-refractivity contribution in [1.29, 1.82) is 0 Å². The van der Waals surface area contributed by atoms with Gasteiger partial charge in [0.15, 0.2) is 0 Å². The van der Waals surface area contributed by atoms with E-state index in [4.69, 9.17) is 0 Å². The molecule has 0 aliphatic heterocycles. The molecule has 0 saturated heterocycles. The van der Waals surface area contributed by atoms with Gasteiger partial charge < -0.3 is 4.90 Å². The second-order valence-corrected chi connectivity index (χ2v) is 2.89. The van der Waals surface area contributed by atoms with Crippen LogP contribution in [-0.4, -0.2) is 11.8 Å². The first-order valence-electron chi connectivity index (χ1n) is 3.91. The first kappa shape index (κ1) is 10.1. The molecule has 0 aromatic heterocycles. The Balaban J connectivity index is 2.98. The number of rotatable bonds is 2. The average Bonchev–Trinajstić information content (AvgIpc) is 2.04. The third-order valence-corrected chi connectivity index (χ3v) is 1.91. The Bertz CT molecular complexity index is 316. The number of hydrogen-bond acceptors (Lipinski definition) is 1. The van der Waals surface area contributed by atoms with Crippen molar-refractivity contribution in [3.63, 3.8) is 0 Å². The second-order valence-electron chi connectivity index (χ2n) is 2.51. The molecule has 0 N–H and O–H groups in total. The predicted octanol–water partition coefficient (Wildman–Crippen LogP) is 2.70. The predicted molar refractivity (Wildman–Crippen MR) is 53.8 cm³/mol. The minimum atomic E-state index is -0.381. The van der Waals surface area contributed by atoms with Crippen LogP contribution in [0.15, 0.2) is 24.3 Å². The molecule has 0 atom stereocenters. The summed E-state index contributed by atoms with van der Waals surface area (Å²) in [5.41, 5.74) is 0.530. The molecule has 4 heteroatoms. The summed E-state index contributed by atoms with van der Waals surface area (Å²) in [7, 11) is 0. The normalized spacial score (nSPS) is 9.77. The van der Waals surface area contributed by atoms with Crippen molar-refractivity contribution in [3.05, 3.63) is 30.1 Å². The van der Waals surface area contributed by atoms with Gasteiger partial charge in [-0.15, -0.1) is 0 Å². The van der Waals surface area contributed by atoms with Gasteiger partial charge in [-0.05, 0) is 25.1 Å². The zero-order valence-electron chi connectivity index (χ0n) is 7.20. The van der Waals surface area contributed by atoms with E-state index in [9.17, 15) is 9.18 Å². The standard InChI is InChI=1S/C9H10FNOS/c1-2-11(9(12)13)8-5-3-4-7(10)6-8/h3-6H,2H2,1H3,(H,12,13). The van der Waals surface area contributed by atoms with Crippen molar-refractivity contribution < 1.29 is 9.18 Å². The zero-order chi connectivity index (χ0) is 9.84. The van der Waals surface area contributed by atoms with Crippen molar-refractivity contribution in [3.8, 4) is 0 Å². The van der Waals surface area contributed by atoms with Crippen LogP contribution in [0.25, 0.3) is 0 Å². The highest BCUT2D eigenvalue weighted by Crippen LogP contribution is 2.16. The fraction of sp³-hybridized carbons (Fsp3) is 0.222. The Morgan fingerprint density at radius 1 is 1.62 bits per heavy atom. The van der Waals surface area contributed by atoms with Crippen molar-refractivity contribution in [1.82, 2.24) is 0 Å². The maximum Gasteiger partial charge on any atom is 0.282 e. The molecule has 0 unspecified atom stereocenters. The van der Waals surface area contributed by atoms with Crippen LogP contribution in [0.2, 0.25) is 0 Å². The van der Waals surface area contributed by atoms with Gasteiger partial charge in [0.1, 0.15) is 5.82 Å². The Morgan fingerprint density at radius 3 is 2.77 bits per heavy atom. The Labute approximate surface area is 81.8 Å². The second kappa shape index (κ2) is 4.28. The zero-order valence-corrected chi connectivity index (χ0v) is 8.09. The van der Waals surface area contributed by atoms with Crippen molar-refractivity contribution in [2.24, 2.45) is 0 Å². The van der Waals surface area contributed by atoms with Crippen LogP contribution in [-0.2, 0) is 0 Å². The monoisotopic (exact) mass is 199 g/mol. The third-order valence-electron chi connectivity index (χ3n) is 1.67.